The molecule has 0 bridgehead atoms. The van der Waals surface area contributed by atoms with Crippen molar-refractivity contribution in [3.63, 3.8) is 0 Å². The molecule has 4 aromatic rings. The second-order valence-corrected chi connectivity index (χ2v) is 19.1. The van der Waals surface area contributed by atoms with Gasteiger partial charge in [-0.3, -0.25) is 19.2 Å². The van der Waals surface area contributed by atoms with Crippen LogP contribution in [-0.4, -0.2) is 67.2 Å². The maximum atomic E-state index is 13.6. The molecule has 0 N–H and O–H groups in total. The number of carbonyl (C=O) groups excluding carboxylic acids is 6. The lowest BCUT2D eigenvalue weighted by Crippen LogP contribution is -2.30. The van der Waals surface area contributed by atoms with Crippen LogP contribution >= 0.6 is 11.3 Å². The highest BCUT2D eigenvalue weighted by Crippen LogP contribution is 2.41. The van der Waals surface area contributed by atoms with Gasteiger partial charge in [-0.2, -0.15) is 10.5 Å². The number of allylic oxidation sites excluding steroid dienone is 1. The maximum absolute atomic E-state index is 13.6. The maximum Gasteiger partial charge on any atom is 0.330 e. The number of aromatic nitrogens is 1. The van der Waals surface area contributed by atoms with Gasteiger partial charge in [0.15, 0.2) is 11.5 Å². The van der Waals surface area contributed by atoms with E-state index in [-0.39, 0.29) is 39.5 Å². The van der Waals surface area contributed by atoms with Crippen LogP contribution in [0.5, 0.6) is 34.5 Å². The number of fused-ring (bicyclic) bond motifs is 1. The molecule has 0 saturated heterocycles. The zero-order chi connectivity index (χ0) is 53.4. The molecule has 3 aromatic carbocycles. The first-order chi connectivity index (χ1) is 36.5. The summed E-state index contributed by atoms with van der Waals surface area (Å²) in [5, 5.41) is 19.1. The Morgan fingerprint density at radius 3 is 1.27 bits per heavy atom. The molecule has 0 atom stereocenters. The molecule has 0 unspecified atom stereocenters. The van der Waals surface area contributed by atoms with Crippen LogP contribution < -0.4 is 28.4 Å². The van der Waals surface area contributed by atoms with Gasteiger partial charge in [-0.1, -0.05) is 13.2 Å². The van der Waals surface area contributed by atoms with Crippen molar-refractivity contribution >= 4 is 63.4 Å². The fourth-order valence-corrected chi connectivity index (χ4v) is 9.47. The van der Waals surface area contributed by atoms with Crippen molar-refractivity contribution in [2.24, 2.45) is 23.7 Å². The van der Waals surface area contributed by atoms with Gasteiger partial charge in [-0.05, 0) is 163 Å². The van der Waals surface area contributed by atoms with Gasteiger partial charge in [-0.25, -0.2) is 14.6 Å². The van der Waals surface area contributed by atoms with Gasteiger partial charge in [-0.15, -0.1) is 11.3 Å². The molecule has 75 heavy (non-hydrogen) atoms. The number of unbranched alkanes of at least 4 members (excludes halogenated alkanes) is 6. The smallest absolute Gasteiger partial charge is 0.330 e. The number of hydrogen-bond donors (Lipinski definition) is 0. The average Bonchev–Trinajstić information content (AvgIpc) is 3.87. The molecule has 6 rings (SSSR count). The number of esters is 6. The quantitative estimate of drug-likeness (QED) is 0.0177. The van der Waals surface area contributed by atoms with Crippen molar-refractivity contribution < 1.29 is 66.7 Å². The van der Waals surface area contributed by atoms with Crippen LogP contribution in [0.3, 0.4) is 0 Å². The van der Waals surface area contributed by atoms with Crippen molar-refractivity contribution in [3.05, 3.63) is 96.6 Å². The molecule has 0 amide bonds. The number of hydrogen-bond acceptors (Lipinski definition) is 18. The molecule has 18 heteroatoms. The first kappa shape index (κ1) is 56.5. The summed E-state index contributed by atoms with van der Waals surface area (Å²) >= 11 is 1.06. The Morgan fingerprint density at radius 2 is 0.867 bits per heavy atom. The van der Waals surface area contributed by atoms with Gasteiger partial charge in [0.05, 0.1) is 50.1 Å². The zero-order valence-corrected chi connectivity index (χ0v) is 42.7. The van der Waals surface area contributed by atoms with Gasteiger partial charge in [0.2, 0.25) is 0 Å². The first-order valence-corrected chi connectivity index (χ1v) is 26.1. The largest absolute Gasteiger partial charge is 0.494 e. The van der Waals surface area contributed by atoms with Crippen molar-refractivity contribution in [2.75, 3.05) is 26.4 Å². The summed E-state index contributed by atoms with van der Waals surface area (Å²) in [6.07, 6.45) is 13.6. The zero-order valence-electron chi connectivity index (χ0n) is 41.8. The number of nitriles is 2. The third kappa shape index (κ3) is 18.0. The van der Waals surface area contributed by atoms with Gasteiger partial charge in [0.1, 0.15) is 55.9 Å². The molecule has 1 aromatic heterocycles. The fourth-order valence-electron chi connectivity index (χ4n) is 8.49. The molecular weight excluding hydrogens is 983 g/mol. The van der Waals surface area contributed by atoms with Crippen LogP contribution in [0.1, 0.15) is 108 Å². The molecular formula is C57H61N3O14S. The van der Waals surface area contributed by atoms with Crippen molar-refractivity contribution in [1.29, 1.82) is 10.5 Å². The summed E-state index contributed by atoms with van der Waals surface area (Å²) < 4.78 is 45.1. The summed E-state index contributed by atoms with van der Waals surface area (Å²) in [7, 11) is 0. The predicted molar refractivity (Wildman–Crippen MR) is 275 cm³/mol. The third-order valence-corrected chi connectivity index (χ3v) is 13.7. The summed E-state index contributed by atoms with van der Waals surface area (Å²) in [5.74, 6) is -2.13. The monoisotopic (exact) mass is 1040 g/mol. The highest BCUT2D eigenvalue weighted by atomic mass is 32.1. The second kappa shape index (κ2) is 29.8. The van der Waals surface area contributed by atoms with E-state index >= 15 is 0 Å². The Kier molecular flexibility index (Phi) is 22.4. The van der Waals surface area contributed by atoms with Crippen LogP contribution in [0.15, 0.2) is 91.5 Å². The van der Waals surface area contributed by atoms with Crippen molar-refractivity contribution in [1.82, 2.24) is 4.98 Å². The molecule has 0 aliphatic heterocycles. The fraction of sp³-hybridized carbons (Fsp3) is 0.421. The summed E-state index contributed by atoms with van der Waals surface area (Å²) in [4.78, 5) is 80.3. The van der Waals surface area contributed by atoms with Crippen LogP contribution in [0, 0.1) is 46.3 Å². The van der Waals surface area contributed by atoms with Crippen LogP contribution in [-0.2, 0) is 38.2 Å². The number of ether oxygens (including phenoxy) is 8. The number of rotatable bonds is 27. The SMILES string of the molecule is C=CC(=O)OCCCCCCOc1ccc(OC(=O)C2CCC(C(=O)Oc3ccc(OC(=O)C4CCC(C(=O)Oc5ccc(OCCCCCCOC(=O)C=C)cc5)CC4)c4sc(C=C(C#N)C#N)nc34)CC2)cc1. The molecule has 0 spiro atoms. The third-order valence-electron chi connectivity index (χ3n) is 12.7. The highest BCUT2D eigenvalue weighted by Gasteiger charge is 2.35. The Bertz CT molecular complexity index is 2560. The van der Waals surface area contributed by atoms with E-state index in [0.717, 1.165) is 74.9 Å². The highest BCUT2D eigenvalue weighted by molar-refractivity contribution is 7.19. The normalized spacial score (nSPS) is 16.9. The number of nitrogens with zero attached hydrogens (tertiary/aromatic N) is 3. The van der Waals surface area contributed by atoms with Crippen molar-refractivity contribution in [2.45, 2.75) is 103 Å². The summed E-state index contributed by atoms with van der Waals surface area (Å²) in [5.41, 5.74) is 0.00919. The Hall–Kier alpha value is -7.83. The van der Waals surface area contributed by atoms with E-state index in [1.807, 2.05) is 12.1 Å². The minimum absolute atomic E-state index is 0.106. The van der Waals surface area contributed by atoms with Gasteiger partial charge in [0.25, 0.3) is 0 Å². The molecule has 0 radical (unpaired) electrons. The van der Waals surface area contributed by atoms with Crippen molar-refractivity contribution in [3.8, 4) is 46.6 Å². The number of thiazole rings is 1. The van der Waals surface area contributed by atoms with E-state index in [2.05, 4.69) is 18.1 Å². The van der Waals surface area contributed by atoms with Gasteiger partial charge in [0, 0.05) is 18.2 Å². The lowest BCUT2D eigenvalue weighted by Gasteiger charge is -2.26. The first-order valence-electron chi connectivity index (χ1n) is 25.3. The lowest BCUT2D eigenvalue weighted by atomic mass is 9.82. The molecule has 2 saturated carbocycles. The van der Waals surface area contributed by atoms with Crippen LogP contribution in [0.25, 0.3) is 16.3 Å². The molecule has 1 heterocycles. The molecule has 394 valence electrons. The Balaban J connectivity index is 0.942. The molecule has 2 aliphatic carbocycles. The van der Waals surface area contributed by atoms with E-state index < -0.39 is 47.5 Å². The molecule has 17 nitrogen and oxygen atoms in total. The van der Waals surface area contributed by atoms with Gasteiger partial charge < -0.3 is 37.9 Å². The predicted octanol–water partition coefficient (Wildman–Crippen LogP) is 10.7. The second-order valence-electron chi connectivity index (χ2n) is 18.1. The minimum atomic E-state index is -0.514. The van der Waals surface area contributed by atoms with Crippen LogP contribution in [0.2, 0.25) is 0 Å². The molecule has 2 aliphatic rings. The number of carbonyl (C=O) groups is 6. The van der Waals surface area contributed by atoms with E-state index in [0.29, 0.717) is 105 Å². The Morgan fingerprint density at radius 1 is 0.507 bits per heavy atom. The van der Waals surface area contributed by atoms with E-state index in [9.17, 15) is 39.3 Å². The van der Waals surface area contributed by atoms with Crippen LogP contribution in [0.4, 0.5) is 0 Å². The molecule has 2 fully saturated rings. The average molecular weight is 1040 g/mol. The van der Waals surface area contributed by atoms with Gasteiger partial charge >= 0.3 is 35.8 Å². The minimum Gasteiger partial charge on any atom is -0.494 e. The summed E-state index contributed by atoms with van der Waals surface area (Å²) in [6.45, 7) is 8.51. The van der Waals surface area contributed by atoms with E-state index in [1.165, 1.54) is 18.2 Å². The van der Waals surface area contributed by atoms with E-state index in [4.69, 9.17) is 37.9 Å². The standard InChI is InChI=1S/C57H61N3O14S/c1-3-50(61)69-33-11-7-5-9-31-67-43-21-25-45(26-22-43)71-54(63)39-13-17-41(18-14-39)56(65)73-47-29-30-48(53-52(47)60-49(75-53)35-38(36-58)37-59)74-57(66)42-19-15-40(16-20-42)55(64)72-46-27-23-44(24-28-46)68-32-10-6-8-12-34-70-51(62)4-2/h3-4,21-30,35,39-42H,1-2,5-20,31-34H2. The lowest BCUT2D eigenvalue weighted by molar-refractivity contribution is -0.145. The Labute approximate surface area is 440 Å². The topological polar surface area (TPSA) is 237 Å². The number of benzene rings is 3. The summed E-state index contributed by atoms with van der Waals surface area (Å²) in [6, 6.07) is 20.3. The van der Waals surface area contributed by atoms with E-state index in [1.54, 1.807) is 48.5 Å².